The summed E-state index contributed by atoms with van der Waals surface area (Å²) in [7, 11) is 0. The number of carbonyl (C=O) groups is 3. The molecule has 7 nitrogen and oxygen atoms in total. The summed E-state index contributed by atoms with van der Waals surface area (Å²) in [4.78, 5) is 43.0. The number of hydrogen-bond acceptors (Lipinski definition) is 6. The van der Waals surface area contributed by atoms with Crippen LogP contribution in [0.25, 0.3) is 0 Å². The fraction of sp³-hybridized carbons (Fsp3) is 0.455. The number of nitrogens with zero attached hydrogens (tertiary/aromatic N) is 2. The topological polar surface area (TPSA) is 88.6 Å². The quantitative estimate of drug-likeness (QED) is 0.646. The van der Waals surface area contributed by atoms with E-state index in [2.05, 4.69) is 24.1 Å². The van der Waals surface area contributed by atoms with Crippen LogP contribution < -0.4 is 10.2 Å². The first kappa shape index (κ1) is 22.0. The Labute approximate surface area is 180 Å². The lowest BCUT2D eigenvalue weighted by Gasteiger charge is -2.23. The molecule has 1 N–H and O–H groups in total. The van der Waals surface area contributed by atoms with Crippen LogP contribution in [0.3, 0.4) is 0 Å². The van der Waals surface area contributed by atoms with Crippen molar-refractivity contribution in [1.29, 1.82) is 0 Å². The normalized spacial score (nSPS) is 17.1. The summed E-state index contributed by atoms with van der Waals surface area (Å²) in [5, 5.41) is 4.93. The van der Waals surface area contributed by atoms with Crippen molar-refractivity contribution in [2.75, 3.05) is 23.4 Å². The molecule has 0 spiro atoms. The molecule has 1 aromatic carbocycles. The van der Waals surface area contributed by atoms with Gasteiger partial charge in [-0.25, -0.2) is 4.98 Å². The standard InChI is InChI=1S/C22H27N3O4S/c1-4-14(3)17-8-6-7-9-18(17)25-12-15(10-19(25)26)21(28)24-22-23-16(13-30-22)11-20(27)29-5-2/h6-9,13-15H,4-5,10-12H2,1-3H3,(H,23,24,28)/t14-,15-/m1/s1. The van der Waals surface area contributed by atoms with Crippen LogP contribution in [0.2, 0.25) is 0 Å². The Morgan fingerprint density at radius 3 is 2.83 bits per heavy atom. The number of aromatic nitrogens is 1. The van der Waals surface area contributed by atoms with Crippen LogP contribution in [-0.4, -0.2) is 35.9 Å². The van der Waals surface area contributed by atoms with Gasteiger partial charge >= 0.3 is 5.97 Å². The lowest BCUT2D eigenvalue weighted by atomic mass is 9.96. The number of anilines is 2. The zero-order valence-corrected chi connectivity index (χ0v) is 18.3. The highest BCUT2D eigenvalue weighted by Gasteiger charge is 2.36. The van der Waals surface area contributed by atoms with E-state index < -0.39 is 5.92 Å². The predicted octanol–water partition coefficient (Wildman–Crippen LogP) is 3.75. The second-order valence-corrected chi connectivity index (χ2v) is 8.25. The zero-order chi connectivity index (χ0) is 21.7. The van der Waals surface area contributed by atoms with Gasteiger partial charge in [0.15, 0.2) is 5.13 Å². The number of amides is 2. The molecule has 3 rings (SSSR count). The smallest absolute Gasteiger partial charge is 0.311 e. The Hall–Kier alpha value is -2.74. The average Bonchev–Trinajstić information content (AvgIpc) is 3.33. The summed E-state index contributed by atoms with van der Waals surface area (Å²) in [6.07, 6.45) is 1.21. The SMILES string of the molecule is CCOC(=O)Cc1csc(NC(=O)[C@@H]2CC(=O)N(c3ccccc3[C@H](C)CC)C2)n1. The maximum Gasteiger partial charge on any atom is 0.311 e. The van der Waals surface area contributed by atoms with E-state index in [1.165, 1.54) is 11.3 Å². The van der Waals surface area contributed by atoms with Gasteiger partial charge in [-0.3, -0.25) is 14.4 Å². The molecule has 0 aliphatic carbocycles. The summed E-state index contributed by atoms with van der Waals surface area (Å²) in [5.74, 6) is -0.746. The van der Waals surface area contributed by atoms with Gasteiger partial charge < -0.3 is 15.0 Å². The van der Waals surface area contributed by atoms with Crippen molar-refractivity contribution in [1.82, 2.24) is 4.98 Å². The van der Waals surface area contributed by atoms with Crippen LogP contribution in [0.5, 0.6) is 0 Å². The van der Waals surface area contributed by atoms with Gasteiger partial charge in [0, 0.05) is 24.0 Å². The molecule has 8 heteroatoms. The van der Waals surface area contributed by atoms with E-state index in [0.717, 1.165) is 17.7 Å². The molecule has 1 aromatic heterocycles. The number of hydrogen-bond donors (Lipinski definition) is 1. The van der Waals surface area contributed by atoms with Crippen molar-refractivity contribution >= 4 is 39.9 Å². The minimum atomic E-state index is -0.445. The van der Waals surface area contributed by atoms with Crippen molar-refractivity contribution in [3.8, 4) is 0 Å². The number of rotatable bonds is 8. The lowest BCUT2D eigenvalue weighted by Crippen LogP contribution is -2.29. The van der Waals surface area contributed by atoms with Crippen LogP contribution in [0.15, 0.2) is 29.6 Å². The molecular formula is C22H27N3O4S. The molecule has 2 heterocycles. The Morgan fingerprint density at radius 1 is 1.33 bits per heavy atom. The molecule has 1 fully saturated rings. The Balaban J connectivity index is 1.65. The van der Waals surface area contributed by atoms with Gasteiger partial charge in [-0.2, -0.15) is 0 Å². The number of nitrogens with one attached hydrogen (secondary N) is 1. The molecule has 160 valence electrons. The third-order valence-corrected chi connectivity index (χ3v) is 6.09. The molecule has 2 amide bonds. The van der Waals surface area contributed by atoms with E-state index in [0.29, 0.717) is 29.9 Å². The predicted molar refractivity (Wildman–Crippen MR) is 117 cm³/mol. The first-order chi connectivity index (χ1) is 14.4. The van der Waals surface area contributed by atoms with Crippen molar-refractivity contribution in [2.45, 2.75) is 46.0 Å². The number of carbonyl (C=O) groups excluding carboxylic acids is 3. The first-order valence-electron chi connectivity index (χ1n) is 10.2. The number of ether oxygens (including phenoxy) is 1. The van der Waals surface area contributed by atoms with Crippen molar-refractivity contribution < 1.29 is 19.1 Å². The molecule has 0 unspecified atom stereocenters. The summed E-state index contributed by atoms with van der Waals surface area (Å²) in [6.45, 7) is 6.67. The molecule has 0 radical (unpaired) electrons. The minimum absolute atomic E-state index is 0.0481. The maximum absolute atomic E-state index is 12.7. The highest BCUT2D eigenvalue weighted by molar-refractivity contribution is 7.13. The van der Waals surface area contributed by atoms with Gasteiger partial charge in [0.2, 0.25) is 11.8 Å². The van der Waals surface area contributed by atoms with E-state index >= 15 is 0 Å². The Kier molecular flexibility index (Phi) is 7.20. The highest BCUT2D eigenvalue weighted by atomic mass is 32.1. The van der Waals surface area contributed by atoms with Crippen LogP contribution >= 0.6 is 11.3 Å². The minimum Gasteiger partial charge on any atom is -0.466 e. The average molecular weight is 430 g/mol. The molecule has 30 heavy (non-hydrogen) atoms. The molecule has 1 saturated heterocycles. The van der Waals surface area contributed by atoms with Crippen LogP contribution in [0.4, 0.5) is 10.8 Å². The molecule has 2 aromatic rings. The third kappa shape index (κ3) is 5.05. The van der Waals surface area contributed by atoms with Gasteiger partial charge in [0.25, 0.3) is 0 Å². The molecule has 2 atom stereocenters. The number of benzene rings is 1. The highest BCUT2D eigenvalue weighted by Crippen LogP contribution is 2.33. The lowest BCUT2D eigenvalue weighted by molar-refractivity contribution is -0.142. The van der Waals surface area contributed by atoms with Crippen LogP contribution in [0, 0.1) is 5.92 Å². The summed E-state index contributed by atoms with van der Waals surface area (Å²) >= 11 is 1.25. The van der Waals surface area contributed by atoms with Crippen LogP contribution in [-0.2, 0) is 25.5 Å². The Morgan fingerprint density at radius 2 is 2.10 bits per heavy atom. The van der Waals surface area contributed by atoms with Gasteiger partial charge in [-0.1, -0.05) is 32.0 Å². The number of para-hydroxylation sites is 1. The fourth-order valence-corrected chi connectivity index (χ4v) is 4.21. The number of thiazole rings is 1. The second-order valence-electron chi connectivity index (χ2n) is 7.39. The molecule has 1 aliphatic rings. The molecule has 0 bridgehead atoms. The fourth-order valence-electron chi connectivity index (χ4n) is 3.50. The molecule has 1 aliphatic heterocycles. The van der Waals surface area contributed by atoms with Crippen LogP contribution in [0.1, 0.15) is 50.8 Å². The second kappa shape index (κ2) is 9.84. The third-order valence-electron chi connectivity index (χ3n) is 5.28. The zero-order valence-electron chi connectivity index (χ0n) is 17.5. The van der Waals surface area contributed by atoms with Gasteiger partial charge in [-0.15, -0.1) is 11.3 Å². The van der Waals surface area contributed by atoms with E-state index in [9.17, 15) is 14.4 Å². The summed E-state index contributed by atoms with van der Waals surface area (Å²) in [5.41, 5.74) is 2.57. The monoisotopic (exact) mass is 429 g/mol. The Bertz CT molecular complexity index is 927. The molecular weight excluding hydrogens is 402 g/mol. The van der Waals surface area contributed by atoms with E-state index in [1.807, 2.05) is 24.3 Å². The van der Waals surface area contributed by atoms with Gasteiger partial charge in [0.05, 0.1) is 24.6 Å². The summed E-state index contributed by atoms with van der Waals surface area (Å²) < 4.78 is 4.91. The van der Waals surface area contributed by atoms with E-state index in [1.54, 1.807) is 17.2 Å². The summed E-state index contributed by atoms with van der Waals surface area (Å²) in [6, 6.07) is 7.89. The van der Waals surface area contributed by atoms with Crippen molar-refractivity contribution in [2.24, 2.45) is 5.92 Å². The van der Waals surface area contributed by atoms with Crippen molar-refractivity contribution in [3.63, 3.8) is 0 Å². The molecule has 0 saturated carbocycles. The first-order valence-corrected chi connectivity index (χ1v) is 11.1. The van der Waals surface area contributed by atoms with E-state index in [4.69, 9.17) is 4.74 Å². The maximum atomic E-state index is 12.7. The number of esters is 1. The van der Waals surface area contributed by atoms with Gasteiger partial charge in [-0.05, 0) is 30.9 Å². The van der Waals surface area contributed by atoms with E-state index in [-0.39, 0.29) is 30.6 Å². The van der Waals surface area contributed by atoms with Crippen molar-refractivity contribution in [3.05, 3.63) is 40.9 Å². The van der Waals surface area contributed by atoms with Gasteiger partial charge in [0.1, 0.15) is 0 Å². The largest absolute Gasteiger partial charge is 0.466 e.